The van der Waals surface area contributed by atoms with Crippen LogP contribution in [0.25, 0.3) is 0 Å². The van der Waals surface area contributed by atoms with Gasteiger partial charge in [-0.15, -0.1) is 0 Å². The molecule has 1 unspecified atom stereocenters. The first-order valence-electron chi connectivity index (χ1n) is 5.60. The molecule has 0 amide bonds. The molecule has 1 fully saturated rings. The van der Waals surface area contributed by atoms with Gasteiger partial charge in [-0.25, -0.2) is 13.2 Å². The summed E-state index contributed by atoms with van der Waals surface area (Å²) < 4.78 is 38.7. The van der Waals surface area contributed by atoms with Crippen LogP contribution in [0.5, 0.6) is 0 Å². The zero-order chi connectivity index (χ0) is 12.4. The average Bonchev–Trinajstić information content (AvgIpc) is 3.09. The molecule has 2 nitrogen and oxygen atoms in total. The van der Waals surface area contributed by atoms with E-state index in [1.165, 1.54) is 0 Å². The predicted molar refractivity (Wildman–Crippen MR) is 56.8 cm³/mol. The second-order valence-corrected chi connectivity index (χ2v) is 4.39. The average molecular weight is 245 g/mol. The topological polar surface area (TPSA) is 32.3 Å². The number of nitrogens with one attached hydrogen (secondary N) is 1. The largest absolute Gasteiger partial charge is 0.392 e. The summed E-state index contributed by atoms with van der Waals surface area (Å²) in [7, 11) is 0. The van der Waals surface area contributed by atoms with Crippen LogP contribution in [0.4, 0.5) is 13.2 Å². The first-order valence-corrected chi connectivity index (χ1v) is 5.60. The molecule has 1 aromatic carbocycles. The SMILES string of the molecule is OC(CNCc1cc(F)c(F)cc1F)C1CC1. The van der Waals surface area contributed by atoms with Crippen molar-refractivity contribution in [2.45, 2.75) is 25.5 Å². The Kier molecular flexibility index (Phi) is 3.69. The molecule has 0 bridgehead atoms. The Balaban J connectivity index is 1.87. The highest BCUT2D eigenvalue weighted by molar-refractivity contribution is 5.19. The van der Waals surface area contributed by atoms with Crippen LogP contribution in [-0.2, 0) is 6.54 Å². The Labute approximate surface area is 97.5 Å². The van der Waals surface area contributed by atoms with Gasteiger partial charge in [0, 0.05) is 24.7 Å². The summed E-state index contributed by atoms with van der Waals surface area (Å²) in [6, 6.07) is 1.37. The third-order valence-electron chi connectivity index (χ3n) is 2.92. The van der Waals surface area contributed by atoms with E-state index in [0.717, 1.165) is 18.9 Å². The minimum Gasteiger partial charge on any atom is -0.392 e. The van der Waals surface area contributed by atoms with Crippen molar-refractivity contribution in [3.8, 4) is 0 Å². The van der Waals surface area contributed by atoms with Gasteiger partial charge in [0.2, 0.25) is 0 Å². The number of halogens is 3. The molecule has 0 radical (unpaired) electrons. The van der Waals surface area contributed by atoms with Gasteiger partial charge in [0.05, 0.1) is 6.10 Å². The molecule has 17 heavy (non-hydrogen) atoms. The second kappa shape index (κ2) is 5.06. The van der Waals surface area contributed by atoms with E-state index in [9.17, 15) is 18.3 Å². The molecule has 0 aromatic heterocycles. The monoisotopic (exact) mass is 245 g/mol. The van der Waals surface area contributed by atoms with E-state index in [4.69, 9.17) is 0 Å². The van der Waals surface area contributed by atoms with Crippen LogP contribution >= 0.6 is 0 Å². The zero-order valence-electron chi connectivity index (χ0n) is 9.22. The lowest BCUT2D eigenvalue weighted by Gasteiger charge is -2.11. The van der Waals surface area contributed by atoms with Gasteiger partial charge >= 0.3 is 0 Å². The van der Waals surface area contributed by atoms with E-state index < -0.39 is 23.6 Å². The minimum atomic E-state index is -1.19. The molecule has 0 spiro atoms. The maximum Gasteiger partial charge on any atom is 0.161 e. The molecule has 1 atom stereocenters. The van der Waals surface area contributed by atoms with Gasteiger partial charge in [0.1, 0.15) is 5.82 Å². The number of aliphatic hydroxyl groups excluding tert-OH is 1. The van der Waals surface area contributed by atoms with E-state index in [0.29, 0.717) is 18.5 Å². The molecule has 2 N–H and O–H groups in total. The van der Waals surface area contributed by atoms with Crippen LogP contribution in [0.3, 0.4) is 0 Å². The molecule has 0 saturated heterocycles. The highest BCUT2D eigenvalue weighted by Gasteiger charge is 2.29. The van der Waals surface area contributed by atoms with Crippen LogP contribution in [-0.4, -0.2) is 17.8 Å². The summed E-state index contributed by atoms with van der Waals surface area (Å²) >= 11 is 0. The van der Waals surface area contributed by atoms with Crippen molar-refractivity contribution in [1.82, 2.24) is 5.32 Å². The standard InChI is InChI=1S/C12H14F3NO/c13-9-4-11(15)10(14)3-8(9)5-16-6-12(17)7-1-2-7/h3-4,7,12,16-17H,1-2,5-6H2. The van der Waals surface area contributed by atoms with Crippen LogP contribution in [0.1, 0.15) is 18.4 Å². The molecular weight excluding hydrogens is 231 g/mol. The normalized spacial score (nSPS) is 17.2. The summed E-state index contributed by atoms with van der Waals surface area (Å²) in [4.78, 5) is 0. The third-order valence-corrected chi connectivity index (χ3v) is 2.92. The van der Waals surface area contributed by atoms with E-state index >= 15 is 0 Å². The number of benzene rings is 1. The molecular formula is C12H14F3NO. The number of rotatable bonds is 5. The van der Waals surface area contributed by atoms with E-state index in [-0.39, 0.29) is 12.1 Å². The predicted octanol–water partition coefficient (Wildman–Crippen LogP) is 1.96. The molecule has 1 aliphatic carbocycles. The summed E-state index contributed by atoms with van der Waals surface area (Å²) in [5.74, 6) is -2.70. The van der Waals surface area contributed by atoms with Gasteiger partial charge < -0.3 is 10.4 Å². The van der Waals surface area contributed by atoms with Crippen molar-refractivity contribution in [3.05, 3.63) is 35.1 Å². The number of aliphatic hydroxyl groups is 1. The maximum absolute atomic E-state index is 13.2. The summed E-state index contributed by atoms with van der Waals surface area (Å²) in [5.41, 5.74) is 0.0619. The first-order chi connectivity index (χ1) is 8.08. The van der Waals surface area contributed by atoms with Crippen molar-refractivity contribution in [1.29, 1.82) is 0 Å². The highest BCUT2D eigenvalue weighted by Crippen LogP contribution is 2.32. The van der Waals surface area contributed by atoms with Crippen LogP contribution in [0.15, 0.2) is 12.1 Å². The fraction of sp³-hybridized carbons (Fsp3) is 0.500. The summed E-state index contributed by atoms with van der Waals surface area (Å²) in [6.07, 6.45) is 1.59. The maximum atomic E-state index is 13.2. The Bertz CT molecular complexity index is 407. The van der Waals surface area contributed by atoms with E-state index in [2.05, 4.69) is 5.32 Å². The van der Waals surface area contributed by atoms with Crippen LogP contribution in [0, 0.1) is 23.4 Å². The molecule has 94 valence electrons. The fourth-order valence-corrected chi connectivity index (χ4v) is 1.70. The number of hydrogen-bond acceptors (Lipinski definition) is 2. The highest BCUT2D eigenvalue weighted by atomic mass is 19.2. The molecule has 1 aromatic rings. The Morgan fingerprint density at radius 2 is 1.82 bits per heavy atom. The molecule has 2 rings (SSSR count). The Morgan fingerprint density at radius 3 is 2.47 bits per heavy atom. The molecule has 1 saturated carbocycles. The lowest BCUT2D eigenvalue weighted by Crippen LogP contribution is -2.28. The van der Waals surface area contributed by atoms with Gasteiger partial charge in [-0.2, -0.15) is 0 Å². The summed E-state index contributed by atoms with van der Waals surface area (Å²) in [5, 5.41) is 12.4. The zero-order valence-corrected chi connectivity index (χ0v) is 9.22. The third kappa shape index (κ3) is 3.20. The first kappa shape index (κ1) is 12.4. The summed E-state index contributed by atoms with van der Waals surface area (Å²) in [6.45, 7) is 0.413. The quantitative estimate of drug-likeness (QED) is 0.777. The molecule has 5 heteroatoms. The van der Waals surface area contributed by atoms with Gasteiger partial charge in [-0.1, -0.05) is 0 Å². The van der Waals surface area contributed by atoms with Crippen LogP contribution in [0.2, 0.25) is 0 Å². The Morgan fingerprint density at radius 1 is 1.18 bits per heavy atom. The van der Waals surface area contributed by atoms with Crippen molar-refractivity contribution in [2.24, 2.45) is 5.92 Å². The van der Waals surface area contributed by atoms with E-state index in [1.54, 1.807) is 0 Å². The van der Waals surface area contributed by atoms with Gasteiger partial charge in [0.15, 0.2) is 11.6 Å². The smallest absolute Gasteiger partial charge is 0.161 e. The lowest BCUT2D eigenvalue weighted by molar-refractivity contribution is 0.148. The minimum absolute atomic E-state index is 0.0619. The second-order valence-electron chi connectivity index (χ2n) is 4.39. The molecule has 0 aliphatic heterocycles. The van der Waals surface area contributed by atoms with Crippen molar-refractivity contribution in [2.75, 3.05) is 6.54 Å². The van der Waals surface area contributed by atoms with Crippen molar-refractivity contribution >= 4 is 0 Å². The molecule has 0 heterocycles. The van der Waals surface area contributed by atoms with Gasteiger partial charge in [0.25, 0.3) is 0 Å². The van der Waals surface area contributed by atoms with Crippen LogP contribution < -0.4 is 5.32 Å². The van der Waals surface area contributed by atoms with Crippen molar-refractivity contribution in [3.63, 3.8) is 0 Å². The number of hydrogen-bond donors (Lipinski definition) is 2. The Hall–Kier alpha value is -1.07. The van der Waals surface area contributed by atoms with Gasteiger partial charge in [-0.3, -0.25) is 0 Å². The van der Waals surface area contributed by atoms with Crippen molar-refractivity contribution < 1.29 is 18.3 Å². The van der Waals surface area contributed by atoms with E-state index in [1.807, 2.05) is 0 Å². The lowest BCUT2D eigenvalue weighted by atomic mass is 10.2. The fourth-order valence-electron chi connectivity index (χ4n) is 1.70. The van der Waals surface area contributed by atoms with Gasteiger partial charge in [-0.05, 0) is 24.8 Å². The molecule has 1 aliphatic rings.